The van der Waals surface area contributed by atoms with E-state index >= 15 is 0 Å². The summed E-state index contributed by atoms with van der Waals surface area (Å²) >= 11 is 0. The number of carbonyl (C=O) groups is 2. The van der Waals surface area contributed by atoms with E-state index in [0.717, 1.165) is 25.9 Å². The molecule has 0 aromatic rings. The molecule has 0 aliphatic carbocycles. The Hall–Kier alpha value is -1.10. The molecule has 2 N–H and O–H groups in total. The van der Waals surface area contributed by atoms with Crippen molar-refractivity contribution in [1.82, 2.24) is 4.90 Å². The molecule has 0 bridgehead atoms. The maximum absolute atomic E-state index is 10.9. The Morgan fingerprint density at radius 3 is 2.21 bits per heavy atom. The molecule has 0 saturated carbocycles. The zero-order chi connectivity index (χ0) is 10.6. The van der Waals surface area contributed by atoms with Gasteiger partial charge in [-0.1, -0.05) is 0 Å². The Labute approximate surface area is 82.3 Å². The lowest BCUT2D eigenvalue weighted by Crippen LogP contribution is -2.39. The van der Waals surface area contributed by atoms with Crippen LogP contribution in [0.4, 0.5) is 0 Å². The number of nitrogens with zero attached hydrogens (tertiary/aromatic N) is 1. The number of hydrogen-bond donors (Lipinski definition) is 2. The van der Waals surface area contributed by atoms with Crippen molar-refractivity contribution in [3.05, 3.63) is 0 Å². The number of likely N-dealkylation sites (tertiary alicyclic amines) is 1. The van der Waals surface area contributed by atoms with Gasteiger partial charge >= 0.3 is 11.9 Å². The van der Waals surface area contributed by atoms with E-state index in [4.69, 9.17) is 10.2 Å². The van der Waals surface area contributed by atoms with Crippen molar-refractivity contribution in [3.63, 3.8) is 0 Å². The predicted octanol–water partition coefficient (Wildman–Crippen LogP) is 0.400. The van der Waals surface area contributed by atoms with Crippen molar-refractivity contribution in [3.8, 4) is 0 Å². The minimum atomic E-state index is -0.935. The number of carboxylic acid groups (broad SMARTS) is 2. The standard InChI is InChI=1S/C9H15NO4/c11-8(12)4-3-7(9(13)14)10-5-1-2-6-10/h7H,1-6H2,(H,11,12)(H,13,14). The van der Waals surface area contributed by atoms with Crippen LogP contribution < -0.4 is 0 Å². The van der Waals surface area contributed by atoms with Gasteiger partial charge in [-0.05, 0) is 32.4 Å². The Morgan fingerprint density at radius 1 is 1.21 bits per heavy atom. The SMILES string of the molecule is O=C(O)CCC(C(=O)O)N1CCCC1. The fourth-order valence-corrected chi connectivity index (χ4v) is 1.78. The quantitative estimate of drug-likeness (QED) is 0.673. The molecule has 5 nitrogen and oxygen atoms in total. The molecule has 0 aromatic carbocycles. The third-order valence-electron chi connectivity index (χ3n) is 2.50. The summed E-state index contributed by atoms with van der Waals surface area (Å²) in [6.45, 7) is 1.55. The van der Waals surface area contributed by atoms with Gasteiger partial charge in [-0.3, -0.25) is 14.5 Å². The minimum absolute atomic E-state index is 0.0759. The second kappa shape index (κ2) is 4.95. The van der Waals surface area contributed by atoms with Crippen molar-refractivity contribution in [2.75, 3.05) is 13.1 Å². The van der Waals surface area contributed by atoms with Crippen LogP contribution >= 0.6 is 0 Å². The first-order valence-electron chi connectivity index (χ1n) is 4.80. The smallest absolute Gasteiger partial charge is 0.320 e. The van der Waals surface area contributed by atoms with Crippen LogP contribution in [0.2, 0.25) is 0 Å². The fourth-order valence-electron chi connectivity index (χ4n) is 1.78. The van der Waals surface area contributed by atoms with Crippen molar-refractivity contribution >= 4 is 11.9 Å². The molecule has 1 rings (SSSR count). The third-order valence-corrected chi connectivity index (χ3v) is 2.50. The Balaban J connectivity index is 2.45. The summed E-state index contributed by atoms with van der Waals surface area (Å²) in [5.41, 5.74) is 0. The Bertz CT molecular complexity index is 223. The topological polar surface area (TPSA) is 77.8 Å². The van der Waals surface area contributed by atoms with Gasteiger partial charge in [0, 0.05) is 6.42 Å². The normalized spacial score (nSPS) is 19.4. The van der Waals surface area contributed by atoms with Crippen LogP contribution in [0.25, 0.3) is 0 Å². The highest BCUT2D eigenvalue weighted by molar-refractivity contribution is 5.75. The number of rotatable bonds is 5. The third kappa shape index (κ3) is 2.99. The van der Waals surface area contributed by atoms with Gasteiger partial charge in [0.05, 0.1) is 0 Å². The molecule has 0 radical (unpaired) electrons. The number of carboxylic acids is 2. The predicted molar refractivity (Wildman–Crippen MR) is 49.1 cm³/mol. The van der Waals surface area contributed by atoms with Crippen LogP contribution in [0, 0.1) is 0 Å². The molecule has 0 spiro atoms. The summed E-state index contributed by atoms with van der Waals surface area (Å²) in [4.78, 5) is 23.0. The van der Waals surface area contributed by atoms with Crippen LogP contribution in [0.5, 0.6) is 0 Å². The van der Waals surface area contributed by atoms with Gasteiger partial charge in [0.1, 0.15) is 6.04 Å². The highest BCUT2D eigenvalue weighted by Crippen LogP contribution is 2.15. The molecule has 1 saturated heterocycles. The zero-order valence-electron chi connectivity index (χ0n) is 7.98. The fraction of sp³-hybridized carbons (Fsp3) is 0.778. The summed E-state index contributed by atoms with van der Waals surface area (Å²) in [7, 11) is 0. The first-order valence-corrected chi connectivity index (χ1v) is 4.80. The van der Waals surface area contributed by atoms with Crippen LogP contribution in [-0.4, -0.2) is 46.2 Å². The molecule has 1 aliphatic heterocycles. The molecular formula is C9H15NO4. The lowest BCUT2D eigenvalue weighted by Gasteiger charge is -2.22. The van der Waals surface area contributed by atoms with Crippen LogP contribution in [0.1, 0.15) is 25.7 Å². The van der Waals surface area contributed by atoms with E-state index in [1.165, 1.54) is 0 Å². The highest BCUT2D eigenvalue weighted by Gasteiger charge is 2.27. The highest BCUT2D eigenvalue weighted by atomic mass is 16.4. The van der Waals surface area contributed by atoms with E-state index in [1.807, 2.05) is 4.90 Å². The molecule has 1 unspecified atom stereocenters. The Kier molecular flexibility index (Phi) is 3.88. The van der Waals surface area contributed by atoms with Gasteiger partial charge in [-0.2, -0.15) is 0 Å². The Morgan fingerprint density at radius 2 is 1.79 bits per heavy atom. The molecule has 1 fully saturated rings. The number of aliphatic carboxylic acids is 2. The molecule has 1 heterocycles. The molecule has 1 atom stereocenters. The maximum Gasteiger partial charge on any atom is 0.320 e. The number of hydrogen-bond acceptors (Lipinski definition) is 3. The van der Waals surface area contributed by atoms with Gasteiger partial charge in [-0.15, -0.1) is 0 Å². The van der Waals surface area contributed by atoms with Gasteiger partial charge in [0.2, 0.25) is 0 Å². The van der Waals surface area contributed by atoms with E-state index in [9.17, 15) is 9.59 Å². The summed E-state index contributed by atoms with van der Waals surface area (Å²) in [5, 5.41) is 17.4. The molecule has 0 aromatic heterocycles. The largest absolute Gasteiger partial charge is 0.481 e. The van der Waals surface area contributed by atoms with E-state index < -0.39 is 18.0 Å². The second-order valence-corrected chi connectivity index (χ2v) is 3.53. The van der Waals surface area contributed by atoms with Gasteiger partial charge in [0.25, 0.3) is 0 Å². The van der Waals surface area contributed by atoms with Crippen LogP contribution in [0.3, 0.4) is 0 Å². The average Bonchev–Trinajstić information content (AvgIpc) is 2.56. The van der Waals surface area contributed by atoms with Crippen molar-refractivity contribution in [2.45, 2.75) is 31.7 Å². The molecule has 1 aliphatic rings. The summed E-state index contributed by atoms with van der Waals surface area (Å²) in [6, 6.07) is -0.617. The van der Waals surface area contributed by atoms with E-state index in [1.54, 1.807) is 0 Å². The maximum atomic E-state index is 10.9. The van der Waals surface area contributed by atoms with Gasteiger partial charge < -0.3 is 10.2 Å². The lowest BCUT2D eigenvalue weighted by molar-refractivity contribution is -0.144. The summed E-state index contributed by atoms with van der Waals surface area (Å²) in [5.74, 6) is -1.84. The molecular weight excluding hydrogens is 186 g/mol. The van der Waals surface area contributed by atoms with Gasteiger partial charge in [-0.25, -0.2) is 0 Å². The van der Waals surface area contributed by atoms with Crippen LogP contribution in [-0.2, 0) is 9.59 Å². The minimum Gasteiger partial charge on any atom is -0.481 e. The first-order chi connectivity index (χ1) is 6.61. The van der Waals surface area contributed by atoms with E-state index in [2.05, 4.69) is 0 Å². The summed E-state index contributed by atoms with van der Waals surface area (Å²) < 4.78 is 0. The average molecular weight is 201 g/mol. The monoisotopic (exact) mass is 201 g/mol. The van der Waals surface area contributed by atoms with E-state index in [0.29, 0.717) is 0 Å². The zero-order valence-corrected chi connectivity index (χ0v) is 7.98. The lowest BCUT2D eigenvalue weighted by atomic mass is 10.1. The van der Waals surface area contributed by atoms with Gasteiger partial charge in [0.15, 0.2) is 0 Å². The van der Waals surface area contributed by atoms with Crippen LogP contribution in [0.15, 0.2) is 0 Å². The van der Waals surface area contributed by atoms with Crippen molar-refractivity contribution in [1.29, 1.82) is 0 Å². The second-order valence-electron chi connectivity index (χ2n) is 3.53. The first kappa shape index (κ1) is 11.0. The molecule has 80 valence electrons. The molecule has 0 amide bonds. The molecule has 14 heavy (non-hydrogen) atoms. The van der Waals surface area contributed by atoms with Crippen molar-refractivity contribution in [2.24, 2.45) is 0 Å². The molecule has 5 heteroatoms. The summed E-state index contributed by atoms with van der Waals surface area (Å²) in [6.07, 6.45) is 2.14. The van der Waals surface area contributed by atoms with Crippen molar-refractivity contribution < 1.29 is 19.8 Å². The van der Waals surface area contributed by atoms with E-state index in [-0.39, 0.29) is 12.8 Å².